The first-order valence-corrected chi connectivity index (χ1v) is 7.20. The molecule has 0 nitrogen and oxygen atoms in total. The zero-order chi connectivity index (χ0) is 13.5. The summed E-state index contributed by atoms with van der Waals surface area (Å²) in [5, 5.41) is 0.728. The van der Waals surface area contributed by atoms with Gasteiger partial charge < -0.3 is 0 Å². The van der Waals surface area contributed by atoms with Gasteiger partial charge in [0.05, 0.1) is 0 Å². The average molecular weight is 290 g/mol. The van der Waals surface area contributed by atoms with E-state index >= 15 is 0 Å². The lowest BCUT2D eigenvalue weighted by molar-refractivity contribution is -0.0327. The summed E-state index contributed by atoms with van der Waals surface area (Å²) in [6.45, 7) is 5.86. The van der Waals surface area contributed by atoms with Gasteiger partial charge in [0.2, 0.25) is 0 Å². The normalized spacial score (nSPS) is 12.6. The number of thioether (sulfide) groups is 1. The molecule has 1 heterocycles. The molecule has 0 saturated heterocycles. The lowest BCUT2D eigenvalue weighted by Gasteiger charge is -2.08. The van der Waals surface area contributed by atoms with E-state index in [1.54, 1.807) is 13.0 Å². The molecule has 0 unspecified atom stereocenters. The van der Waals surface area contributed by atoms with Crippen LogP contribution in [0.15, 0.2) is 23.1 Å². The van der Waals surface area contributed by atoms with Crippen molar-refractivity contribution in [3.05, 3.63) is 28.6 Å². The van der Waals surface area contributed by atoms with Gasteiger partial charge in [-0.3, -0.25) is 0 Å². The van der Waals surface area contributed by atoms with Crippen molar-refractivity contribution in [1.82, 2.24) is 0 Å². The highest BCUT2D eigenvalue weighted by atomic mass is 32.2. The fourth-order valence-electron chi connectivity index (χ4n) is 1.93. The Bertz CT molecular complexity index is 567. The van der Waals surface area contributed by atoms with E-state index in [1.807, 2.05) is 12.1 Å². The predicted molar refractivity (Wildman–Crippen MR) is 72.6 cm³/mol. The summed E-state index contributed by atoms with van der Waals surface area (Å²) in [4.78, 5) is 1.09. The van der Waals surface area contributed by atoms with Crippen molar-refractivity contribution in [3.8, 4) is 0 Å². The van der Waals surface area contributed by atoms with Gasteiger partial charge in [0.1, 0.15) is 0 Å². The molecule has 2 aromatic rings. The van der Waals surface area contributed by atoms with E-state index in [0.29, 0.717) is 10.8 Å². The lowest BCUT2D eigenvalue weighted by atomic mass is 10.0. The van der Waals surface area contributed by atoms with Gasteiger partial charge in [-0.2, -0.15) is 13.2 Å². The summed E-state index contributed by atoms with van der Waals surface area (Å²) in [5.41, 5.74) is -3.11. The molecule has 1 aromatic carbocycles. The number of rotatable bonds is 2. The molecule has 0 radical (unpaired) electrons. The second-order valence-corrected chi connectivity index (χ2v) is 6.71. The molecule has 98 valence electrons. The molecule has 0 atom stereocenters. The Hall–Kier alpha value is -0.680. The third-order valence-corrected chi connectivity index (χ3v) is 4.97. The van der Waals surface area contributed by atoms with Gasteiger partial charge in [-0.1, -0.05) is 32.0 Å². The van der Waals surface area contributed by atoms with Crippen molar-refractivity contribution in [2.24, 2.45) is 0 Å². The maximum atomic E-state index is 12.6. The van der Waals surface area contributed by atoms with Crippen LogP contribution < -0.4 is 0 Å². The van der Waals surface area contributed by atoms with Crippen LogP contribution in [0.3, 0.4) is 0 Å². The van der Waals surface area contributed by atoms with Crippen LogP contribution in [0.5, 0.6) is 0 Å². The van der Waals surface area contributed by atoms with E-state index < -0.39 is 5.51 Å². The Labute approximate surface area is 112 Å². The van der Waals surface area contributed by atoms with Crippen molar-refractivity contribution in [2.45, 2.75) is 37.1 Å². The summed E-state index contributed by atoms with van der Waals surface area (Å²) >= 11 is 1.45. The smallest absolute Gasteiger partial charge is 0.160 e. The third kappa shape index (κ3) is 2.67. The van der Waals surface area contributed by atoms with Crippen molar-refractivity contribution < 1.29 is 13.2 Å². The second kappa shape index (κ2) is 4.78. The molecule has 1 aromatic heterocycles. The molecule has 5 heteroatoms. The summed E-state index contributed by atoms with van der Waals surface area (Å²) in [7, 11) is 0. The molecule has 0 N–H and O–H groups in total. The second-order valence-electron chi connectivity index (χ2n) is 4.41. The van der Waals surface area contributed by atoms with Gasteiger partial charge in [0, 0.05) is 19.9 Å². The number of benzene rings is 1. The van der Waals surface area contributed by atoms with Crippen LogP contribution in [-0.2, 0) is 0 Å². The fourth-order valence-corrected chi connectivity index (χ4v) is 4.11. The molecule has 18 heavy (non-hydrogen) atoms. The summed E-state index contributed by atoms with van der Waals surface area (Å²) in [5.74, 6) is 0.315. The predicted octanol–water partition coefficient (Wildman–Crippen LogP) is 5.95. The molecule has 0 amide bonds. The Kier molecular flexibility index (Phi) is 3.65. The van der Waals surface area contributed by atoms with Crippen molar-refractivity contribution in [1.29, 1.82) is 0 Å². The van der Waals surface area contributed by atoms with Crippen LogP contribution in [-0.4, -0.2) is 5.51 Å². The molecule has 0 bridgehead atoms. The highest BCUT2D eigenvalue weighted by Crippen LogP contribution is 2.46. The Morgan fingerprint density at radius 1 is 1.22 bits per heavy atom. The number of hydrogen-bond acceptors (Lipinski definition) is 2. The molecule has 0 saturated carbocycles. The first-order chi connectivity index (χ1) is 8.29. The van der Waals surface area contributed by atoms with E-state index in [9.17, 15) is 13.2 Å². The molecular weight excluding hydrogens is 277 g/mol. The first-order valence-electron chi connectivity index (χ1n) is 5.57. The number of halogens is 3. The van der Waals surface area contributed by atoms with E-state index in [0.717, 1.165) is 20.5 Å². The van der Waals surface area contributed by atoms with E-state index in [1.165, 1.54) is 11.3 Å². The molecule has 0 fully saturated rings. The van der Waals surface area contributed by atoms with Crippen LogP contribution in [0.25, 0.3) is 10.1 Å². The Morgan fingerprint density at radius 2 is 1.89 bits per heavy atom. The van der Waals surface area contributed by atoms with Crippen LogP contribution in [0.4, 0.5) is 13.2 Å². The van der Waals surface area contributed by atoms with Gasteiger partial charge in [0.25, 0.3) is 0 Å². The Balaban J connectivity index is 2.62. The monoisotopic (exact) mass is 290 g/mol. The SMILES string of the molecule is Cc1sc2c(C(C)C)cccc2c1SC(F)(F)F. The third-order valence-electron chi connectivity index (χ3n) is 2.70. The molecule has 2 rings (SSSR count). The minimum atomic E-state index is -4.23. The lowest BCUT2D eigenvalue weighted by Crippen LogP contribution is -1.99. The van der Waals surface area contributed by atoms with Crippen LogP contribution in [0.1, 0.15) is 30.2 Å². The summed E-state index contributed by atoms with van der Waals surface area (Å²) in [6.07, 6.45) is 0. The number of thiophene rings is 1. The minimum absolute atomic E-state index is 0.00565. The number of hydrogen-bond donors (Lipinski definition) is 0. The van der Waals surface area contributed by atoms with Crippen molar-refractivity contribution in [2.75, 3.05) is 0 Å². The van der Waals surface area contributed by atoms with Crippen LogP contribution in [0.2, 0.25) is 0 Å². The number of fused-ring (bicyclic) bond motifs is 1. The molecule has 0 aliphatic rings. The molecule has 0 aliphatic heterocycles. The van der Waals surface area contributed by atoms with Gasteiger partial charge in [-0.15, -0.1) is 11.3 Å². The van der Waals surface area contributed by atoms with E-state index in [-0.39, 0.29) is 11.8 Å². The zero-order valence-corrected chi connectivity index (χ0v) is 11.9. The zero-order valence-electron chi connectivity index (χ0n) is 10.3. The summed E-state index contributed by atoms with van der Waals surface area (Å²) < 4.78 is 38.6. The van der Waals surface area contributed by atoms with Crippen LogP contribution in [0, 0.1) is 6.92 Å². The van der Waals surface area contributed by atoms with E-state index in [2.05, 4.69) is 13.8 Å². The first kappa shape index (κ1) is 13.7. The highest BCUT2D eigenvalue weighted by Gasteiger charge is 2.32. The van der Waals surface area contributed by atoms with Gasteiger partial charge >= 0.3 is 5.51 Å². The van der Waals surface area contributed by atoms with Gasteiger partial charge in [0.15, 0.2) is 0 Å². The maximum absolute atomic E-state index is 12.6. The number of alkyl halides is 3. The van der Waals surface area contributed by atoms with E-state index in [4.69, 9.17) is 0 Å². The Morgan fingerprint density at radius 3 is 2.44 bits per heavy atom. The topological polar surface area (TPSA) is 0 Å². The minimum Gasteiger partial charge on any atom is -0.160 e. The van der Waals surface area contributed by atoms with Crippen LogP contribution >= 0.6 is 23.1 Å². The largest absolute Gasteiger partial charge is 0.446 e. The maximum Gasteiger partial charge on any atom is 0.446 e. The molecule has 0 spiro atoms. The van der Waals surface area contributed by atoms with Gasteiger partial charge in [-0.25, -0.2) is 0 Å². The molecular formula is C13H13F3S2. The molecule has 0 aliphatic carbocycles. The standard InChI is InChI=1S/C13H13F3S2/c1-7(2)9-5-4-6-10-11(18-13(14,15)16)8(3)17-12(9)10/h4-7H,1-3H3. The quantitative estimate of drug-likeness (QED) is 0.616. The number of aryl methyl sites for hydroxylation is 1. The highest BCUT2D eigenvalue weighted by molar-refractivity contribution is 8.00. The summed E-state index contributed by atoms with van der Waals surface area (Å²) in [6, 6.07) is 5.61. The van der Waals surface area contributed by atoms with Crippen molar-refractivity contribution in [3.63, 3.8) is 0 Å². The van der Waals surface area contributed by atoms with Gasteiger partial charge in [-0.05, 0) is 30.2 Å². The fraction of sp³-hybridized carbons (Fsp3) is 0.385. The average Bonchev–Trinajstić information content (AvgIpc) is 2.53. The van der Waals surface area contributed by atoms with Crippen molar-refractivity contribution >= 4 is 33.2 Å².